The molecule has 1 saturated heterocycles. The zero-order valence-corrected chi connectivity index (χ0v) is 17.8. The fourth-order valence-corrected chi connectivity index (χ4v) is 4.22. The van der Waals surface area contributed by atoms with Crippen LogP contribution >= 0.6 is 0 Å². The maximum absolute atomic E-state index is 13.0. The Morgan fingerprint density at radius 2 is 2.06 bits per heavy atom. The van der Waals surface area contributed by atoms with Crippen LogP contribution in [0.15, 0.2) is 36.4 Å². The average Bonchev–Trinajstić information content (AvgIpc) is 3.23. The van der Waals surface area contributed by atoms with Gasteiger partial charge in [-0.25, -0.2) is 9.59 Å². The van der Waals surface area contributed by atoms with Gasteiger partial charge < -0.3 is 30.7 Å². The summed E-state index contributed by atoms with van der Waals surface area (Å²) < 4.78 is 5.69. The molecule has 174 valence electrons. The maximum Gasteiger partial charge on any atom is 0.405 e. The minimum atomic E-state index is -1.29. The third kappa shape index (κ3) is 5.77. The van der Waals surface area contributed by atoms with E-state index in [1.54, 1.807) is 37.3 Å². The second-order valence-electron chi connectivity index (χ2n) is 8.14. The first-order valence-electron chi connectivity index (χ1n) is 10.6. The molecule has 1 fully saturated rings. The van der Waals surface area contributed by atoms with Gasteiger partial charge in [0.2, 0.25) is 5.91 Å². The van der Waals surface area contributed by atoms with Crippen molar-refractivity contribution in [3.63, 3.8) is 0 Å². The van der Waals surface area contributed by atoms with Gasteiger partial charge >= 0.3 is 12.1 Å². The molecule has 2 aliphatic heterocycles. The molecule has 32 heavy (non-hydrogen) atoms. The molecule has 2 bridgehead atoms. The largest absolute Gasteiger partial charge is 0.490 e. The lowest BCUT2D eigenvalue weighted by Gasteiger charge is -2.34. The van der Waals surface area contributed by atoms with Crippen LogP contribution in [-0.4, -0.2) is 75.7 Å². The first-order chi connectivity index (χ1) is 15.3. The number of carboxylic acids is 1. The minimum absolute atomic E-state index is 0.181. The molecule has 1 aromatic carbocycles. The Morgan fingerprint density at radius 3 is 2.78 bits per heavy atom. The average molecular weight is 447 g/mol. The quantitative estimate of drug-likeness (QED) is 0.418. The van der Waals surface area contributed by atoms with Crippen molar-refractivity contribution >= 4 is 18.0 Å². The third-order valence-corrected chi connectivity index (χ3v) is 5.83. The summed E-state index contributed by atoms with van der Waals surface area (Å²) in [4.78, 5) is 37.7. The first-order valence-corrected chi connectivity index (χ1v) is 10.6. The number of hydrogen-bond donors (Lipinski definition) is 5. The fraction of sp³-hybridized carbons (Fsp3) is 0.500. The molecule has 5 atom stereocenters. The van der Waals surface area contributed by atoms with E-state index in [1.165, 1.54) is 4.90 Å². The number of benzene rings is 1. The van der Waals surface area contributed by atoms with Gasteiger partial charge in [-0.3, -0.25) is 9.69 Å². The molecule has 0 saturated carbocycles. The highest BCUT2D eigenvalue weighted by atomic mass is 16.5. The lowest BCUT2D eigenvalue weighted by atomic mass is 10.00. The summed E-state index contributed by atoms with van der Waals surface area (Å²) in [6, 6.07) is 4.29. The van der Waals surface area contributed by atoms with Crippen LogP contribution < -0.4 is 15.4 Å². The van der Waals surface area contributed by atoms with Crippen molar-refractivity contribution in [2.24, 2.45) is 5.92 Å². The zero-order chi connectivity index (χ0) is 23.3. The number of aliphatic carboxylic acids is 1. The molecule has 10 heteroatoms. The van der Waals surface area contributed by atoms with Gasteiger partial charge in [0.05, 0.1) is 12.1 Å². The van der Waals surface area contributed by atoms with Crippen molar-refractivity contribution in [3.8, 4) is 5.75 Å². The highest BCUT2D eigenvalue weighted by Crippen LogP contribution is 2.24. The number of fused-ring (bicyclic) bond motifs is 3. The Labute approximate surface area is 185 Å². The van der Waals surface area contributed by atoms with Crippen molar-refractivity contribution in [2.45, 2.75) is 50.5 Å². The van der Waals surface area contributed by atoms with Gasteiger partial charge in [-0.1, -0.05) is 31.2 Å². The SMILES string of the molecule is CC1/C=C\COc2cccc(c2)C[C@H](NC(=O)O)C(O)N2CCC[C@H]2C(=O)N[C@H]1C(=O)O. The molecule has 5 N–H and O–H groups in total. The summed E-state index contributed by atoms with van der Waals surface area (Å²) in [6.07, 6.45) is 2.05. The Kier molecular flexibility index (Phi) is 7.70. The molecule has 0 aliphatic carbocycles. The van der Waals surface area contributed by atoms with E-state index in [4.69, 9.17) is 4.74 Å². The van der Waals surface area contributed by atoms with Gasteiger partial charge in [-0.05, 0) is 37.0 Å². The highest BCUT2D eigenvalue weighted by Gasteiger charge is 2.40. The van der Waals surface area contributed by atoms with Crippen molar-refractivity contribution in [2.75, 3.05) is 13.2 Å². The predicted octanol–water partition coefficient (Wildman–Crippen LogP) is 0.802. The minimum Gasteiger partial charge on any atom is -0.490 e. The van der Waals surface area contributed by atoms with E-state index in [-0.39, 0.29) is 13.0 Å². The van der Waals surface area contributed by atoms with E-state index in [0.717, 1.165) is 5.56 Å². The lowest BCUT2D eigenvalue weighted by Crippen LogP contribution is -2.58. The van der Waals surface area contributed by atoms with Crippen LogP contribution in [0.2, 0.25) is 0 Å². The van der Waals surface area contributed by atoms with Gasteiger partial charge in [-0.2, -0.15) is 0 Å². The van der Waals surface area contributed by atoms with Crippen LogP contribution in [0.1, 0.15) is 25.3 Å². The number of carbonyl (C=O) groups excluding carboxylic acids is 1. The number of aliphatic hydroxyl groups is 1. The van der Waals surface area contributed by atoms with E-state index < -0.39 is 48.2 Å². The standard InChI is InChI=1S/C22H29N3O7/c1-13-5-4-10-32-15-7-2-6-14(11-15)12-16(23-22(30)31)20(27)25-9-3-8-17(25)19(26)24-18(13)21(28)29/h2,4-7,11,13,16-18,20,23,27H,3,8-10,12H2,1H3,(H,24,26)(H,28,29)(H,30,31)/b5-4-/t13?,16-,17-,18+,20?/m0/s1. The lowest BCUT2D eigenvalue weighted by molar-refractivity contribution is -0.144. The van der Waals surface area contributed by atoms with Crippen LogP contribution in [0.3, 0.4) is 0 Å². The van der Waals surface area contributed by atoms with Crippen LogP contribution in [0.25, 0.3) is 0 Å². The maximum atomic E-state index is 13.0. The predicted molar refractivity (Wildman–Crippen MR) is 114 cm³/mol. The molecule has 2 unspecified atom stereocenters. The second-order valence-corrected chi connectivity index (χ2v) is 8.14. The van der Waals surface area contributed by atoms with Crippen LogP contribution in [0.4, 0.5) is 4.79 Å². The second kappa shape index (κ2) is 10.5. The molecular weight excluding hydrogens is 418 g/mol. The number of nitrogens with zero attached hydrogens (tertiary/aromatic N) is 1. The number of amides is 2. The smallest absolute Gasteiger partial charge is 0.405 e. The van der Waals surface area contributed by atoms with Crippen LogP contribution in [0, 0.1) is 5.92 Å². The van der Waals surface area contributed by atoms with Crippen molar-refractivity contribution in [1.82, 2.24) is 15.5 Å². The fourth-order valence-electron chi connectivity index (χ4n) is 4.22. The van der Waals surface area contributed by atoms with Gasteiger partial charge in [0.1, 0.15) is 24.6 Å². The van der Waals surface area contributed by atoms with Gasteiger partial charge in [-0.15, -0.1) is 0 Å². The third-order valence-electron chi connectivity index (χ3n) is 5.83. The topological polar surface area (TPSA) is 148 Å². The van der Waals surface area contributed by atoms with Crippen molar-refractivity contribution in [3.05, 3.63) is 42.0 Å². The Balaban J connectivity index is 1.95. The van der Waals surface area contributed by atoms with Gasteiger partial charge in [0.25, 0.3) is 0 Å². The molecule has 0 spiro atoms. The number of carbonyl (C=O) groups is 3. The molecule has 2 heterocycles. The summed E-state index contributed by atoms with van der Waals surface area (Å²) in [7, 11) is 0. The Bertz CT molecular complexity index is 875. The molecule has 2 amide bonds. The molecular formula is C22H29N3O7. The van der Waals surface area contributed by atoms with Gasteiger partial charge in [0, 0.05) is 12.5 Å². The molecule has 2 aliphatic rings. The van der Waals surface area contributed by atoms with E-state index >= 15 is 0 Å². The number of ether oxygens (including phenoxy) is 1. The monoisotopic (exact) mass is 447 g/mol. The Morgan fingerprint density at radius 1 is 1.28 bits per heavy atom. The number of aliphatic hydroxyl groups excluding tert-OH is 1. The highest BCUT2D eigenvalue weighted by molar-refractivity contribution is 5.87. The molecule has 1 aromatic rings. The van der Waals surface area contributed by atoms with Gasteiger partial charge in [0.15, 0.2) is 0 Å². The van der Waals surface area contributed by atoms with Crippen molar-refractivity contribution < 1.29 is 34.4 Å². The Hall–Kier alpha value is -3.11. The zero-order valence-electron chi connectivity index (χ0n) is 17.8. The normalized spacial score (nSPS) is 30.4. The molecule has 0 radical (unpaired) electrons. The first kappa shape index (κ1) is 23.6. The van der Waals surface area contributed by atoms with E-state index in [0.29, 0.717) is 25.1 Å². The number of nitrogens with one attached hydrogen (secondary N) is 2. The van der Waals surface area contributed by atoms with Crippen molar-refractivity contribution in [1.29, 1.82) is 0 Å². The number of rotatable bonds is 2. The summed E-state index contributed by atoms with van der Waals surface area (Å²) in [5.41, 5.74) is 0.760. The van der Waals surface area contributed by atoms with E-state index in [1.807, 2.05) is 6.07 Å². The number of carboxylic acid groups (broad SMARTS) is 2. The van der Waals surface area contributed by atoms with Crippen LogP contribution in [0.5, 0.6) is 5.75 Å². The summed E-state index contributed by atoms with van der Waals surface area (Å²) >= 11 is 0. The summed E-state index contributed by atoms with van der Waals surface area (Å²) in [5, 5.41) is 34.9. The molecule has 3 rings (SSSR count). The number of hydrogen-bond acceptors (Lipinski definition) is 6. The molecule has 0 aromatic heterocycles. The summed E-state index contributed by atoms with van der Waals surface area (Å²) in [6.45, 7) is 2.27. The van der Waals surface area contributed by atoms with Crippen LogP contribution in [-0.2, 0) is 16.0 Å². The van der Waals surface area contributed by atoms with E-state index in [2.05, 4.69) is 10.6 Å². The van der Waals surface area contributed by atoms with E-state index in [9.17, 15) is 29.7 Å². The molecule has 10 nitrogen and oxygen atoms in total. The summed E-state index contributed by atoms with van der Waals surface area (Å²) in [5.74, 6) is -1.60.